The molecule has 0 spiro atoms. The van der Waals surface area contributed by atoms with Gasteiger partial charge in [-0.3, -0.25) is 0 Å². The number of rotatable bonds is 3. The summed E-state index contributed by atoms with van der Waals surface area (Å²) in [6.07, 6.45) is 4.38. The maximum atomic E-state index is 2.40. The molecule has 0 aromatic rings. The monoisotopic (exact) mass is 168 g/mol. The molecule has 0 bridgehead atoms. The Kier molecular flexibility index (Phi) is 2.85. The van der Waals surface area contributed by atoms with Crippen molar-refractivity contribution in [3.05, 3.63) is 0 Å². The molecule has 0 radical (unpaired) electrons. The van der Waals surface area contributed by atoms with E-state index in [1.54, 1.807) is 0 Å². The predicted molar refractivity (Wildman–Crippen MR) is 55.1 cm³/mol. The van der Waals surface area contributed by atoms with Crippen LogP contribution in [0.3, 0.4) is 0 Å². The van der Waals surface area contributed by atoms with Crippen molar-refractivity contribution >= 4 is 0 Å². The van der Waals surface area contributed by atoms with Crippen LogP contribution in [0.2, 0.25) is 0 Å². The fourth-order valence-corrected chi connectivity index (χ4v) is 2.47. The zero-order chi connectivity index (χ0) is 9.35. The molecule has 1 rings (SSSR count). The van der Waals surface area contributed by atoms with Crippen molar-refractivity contribution in [2.24, 2.45) is 23.2 Å². The minimum absolute atomic E-state index is 0.668. The van der Waals surface area contributed by atoms with Gasteiger partial charge in [-0.05, 0) is 42.4 Å². The maximum absolute atomic E-state index is 2.40. The molecule has 0 heteroatoms. The van der Waals surface area contributed by atoms with Crippen molar-refractivity contribution in [1.29, 1.82) is 0 Å². The van der Waals surface area contributed by atoms with Crippen LogP contribution in [0.5, 0.6) is 0 Å². The summed E-state index contributed by atoms with van der Waals surface area (Å²) in [6, 6.07) is 0. The van der Waals surface area contributed by atoms with Crippen molar-refractivity contribution in [3.8, 4) is 0 Å². The first-order chi connectivity index (χ1) is 5.41. The molecular weight excluding hydrogens is 144 g/mol. The standard InChI is InChI=1S/C12H24/c1-9(2)10(3)6-11-7-12(4,5)8-11/h9-11H,6-8H2,1-5H3. The average molecular weight is 168 g/mol. The second kappa shape index (κ2) is 3.40. The summed E-state index contributed by atoms with van der Waals surface area (Å²) in [5.41, 5.74) is 0.668. The molecule has 1 unspecified atom stereocenters. The van der Waals surface area contributed by atoms with Crippen LogP contribution in [-0.2, 0) is 0 Å². The van der Waals surface area contributed by atoms with Gasteiger partial charge >= 0.3 is 0 Å². The van der Waals surface area contributed by atoms with Gasteiger partial charge < -0.3 is 0 Å². The first kappa shape index (κ1) is 10.1. The molecule has 0 aromatic carbocycles. The normalized spacial score (nSPS) is 25.5. The molecule has 0 saturated heterocycles. The number of hydrogen-bond donors (Lipinski definition) is 0. The fourth-order valence-electron chi connectivity index (χ4n) is 2.47. The molecular formula is C12H24. The average Bonchev–Trinajstić information content (AvgIpc) is 1.83. The highest BCUT2D eigenvalue weighted by Crippen LogP contribution is 2.47. The molecule has 72 valence electrons. The summed E-state index contributed by atoms with van der Waals surface area (Å²) in [5, 5.41) is 0. The lowest BCUT2D eigenvalue weighted by molar-refractivity contribution is 0.0717. The van der Waals surface area contributed by atoms with Gasteiger partial charge in [0, 0.05) is 0 Å². The van der Waals surface area contributed by atoms with Crippen LogP contribution in [0.4, 0.5) is 0 Å². The zero-order valence-electron chi connectivity index (χ0n) is 9.35. The van der Waals surface area contributed by atoms with Gasteiger partial charge in [-0.2, -0.15) is 0 Å². The minimum atomic E-state index is 0.668. The van der Waals surface area contributed by atoms with E-state index < -0.39 is 0 Å². The highest BCUT2D eigenvalue weighted by Gasteiger charge is 2.36. The van der Waals surface area contributed by atoms with Gasteiger partial charge in [-0.1, -0.05) is 34.6 Å². The first-order valence-electron chi connectivity index (χ1n) is 5.41. The molecule has 0 N–H and O–H groups in total. The molecule has 0 amide bonds. The highest BCUT2D eigenvalue weighted by molar-refractivity contribution is 4.87. The molecule has 1 atom stereocenters. The lowest BCUT2D eigenvalue weighted by Gasteiger charge is -2.44. The Morgan fingerprint density at radius 2 is 1.67 bits per heavy atom. The zero-order valence-corrected chi connectivity index (χ0v) is 9.35. The van der Waals surface area contributed by atoms with E-state index in [4.69, 9.17) is 0 Å². The van der Waals surface area contributed by atoms with Crippen molar-refractivity contribution in [2.75, 3.05) is 0 Å². The van der Waals surface area contributed by atoms with Gasteiger partial charge in [-0.25, -0.2) is 0 Å². The summed E-state index contributed by atoms with van der Waals surface area (Å²) in [4.78, 5) is 0. The van der Waals surface area contributed by atoms with Crippen LogP contribution in [-0.4, -0.2) is 0 Å². The van der Waals surface area contributed by atoms with Crippen LogP contribution in [0.25, 0.3) is 0 Å². The van der Waals surface area contributed by atoms with Gasteiger partial charge in [0.05, 0.1) is 0 Å². The maximum Gasteiger partial charge on any atom is -0.0349 e. The van der Waals surface area contributed by atoms with Crippen LogP contribution < -0.4 is 0 Å². The third-order valence-electron chi connectivity index (χ3n) is 3.53. The van der Waals surface area contributed by atoms with Crippen molar-refractivity contribution < 1.29 is 0 Å². The van der Waals surface area contributed by atoms with Crippen LogP contribution in [0.1, 0.15) is 53.9 Å². The summed E-state index contributed by atoms with van der Waals surface area (Å²) >= 11 is 0. The van der Waals surface area contributed by atoms with Gasteiger partial charge in [0.2, 0.25) is 0 Å². The van der Waals surface area contributed by atoms with E-state index in [-0.39, 0.29) is 0 Å². The SMILES string of the molecule is CC(C)C(C)CC1CC(C)(C)C1. The molecule has 0 nitrogen and oxygen atoms in total. The highest BCUT2D eigenvalue weighted by atomic mass is 14.4. The number of hydrogen-bond acceptors (Lipinski definition) is 0. The van der Waals surface area contributed by atoms with E-state index in [0.717, 1.165) is 17.8 Å². The Bertz CT molecular complexity index is 136. The van der Waals surface area contributed by atoms with Crippen molar-refractivity contribution in [2.45, 2.75) is 53.9 Å². The minimum Gasteiger partial charge on any atom is -0.0625 e. The lowest BCUT2D eigenvalue weighted by atomic mass is 9.62. The summed E-state index contributed by atoms with van der Waals surface area (Å²) in [7, 11) is 0. The summed E-state index contributed by atoms with van der Waals surface area (Å²) in [6.45, 7) is 11.9. The first-order valence-corrected chi connectivity index (χ1v) is 5.41. The van der Waals surface area contributed by atoms with Crippen molar-refractivity contribution in [3.63, 3.8) is 0 Å². The van der Waals surface area contributed by atoms with E-state index >= 15 is 0 Å². The third kappa shape index (κ3) is 2.50. The second-order valence-electron chi connectivity index (χ2n) is 5.90. The molecule has 0 aliphatic heterocycles. The summed E-state index contributed by atoms with van der Waals surface area (Å²) in [5.74, 6) is 2.83. The largest absolute Gasteiger partial charge is 0.0625 e. The third-order valence-corrected chi connectivity index (χ3v) is 3.53. The second-order valence-corrected chi connectivity index (χ2v) is 5.90. The Labute approximate surface area is 77.7 Å². The van der Waals surface area contributed by atoms with E-state index in [1.165, 1.54) is 19.3 Å². The van der Waals surface area contributed by atoms with E-state index in [1.807, 2.05) is 0 Å². The molecule has 1 aliphatic rings. The smallest absolute Gasteiger partial charge is 0.0349 e. The summed E-state index contributed by atoms with van der Waals surface area (Å²) < 4.78 is 0. The molecule has 1 fully saturated rings. The van der Waals surface area contributed by atoms with E-state index in [2.05, 4.69) is 34.6 Å². The molecule has 0 aromatic heterocycles. The topological polar surface area (TPSA) is 0 Å². The van der Waals surface area contributed by atoms with Crippen LogP contribution >= 0.6 is 0 Å². The Hall–Kier alpha value is 0. The molecule has 1 saturated carbocycles. The molecule has 1 aliphatic carbocycles. The Morgan fingerprint density at radius 1 is 1.17 bits per heavy atom. The van der Waals surface area contributed by atoms with Gasteiger partial charge in [-0.15, -0.1) is 0 Å². The fraction of sp³-hybridized carbons (Fsp3) is 1.00. The van der Waals surface area contributed by atoms with Crippen LogP contribution in [0.15, 0.2) is 0 Å². The van der Waals surface area contributed by atoms with Crippen molar-refractivity contribution in [1.82, 2.24) is 0 Å². The molecule has 12 heavy (non-hydrogen) atoms. The van der Waals surface area contributed by atoms with Crippen LogP contribution in [0, 0.1) is 23.2 Å². The Balaban J connectivity index is 2.19. The molecule has 0 heterocycles. The van der Waals surface area contributed by atoms with Gasteiger partial charge in [0.1, 0.15) is 0 Å². The Morgan fingerprint density at radius 3 is 2.00 bits per heavy atom. The van der Waals surface area contributed by atoms with E-state index in [0.29, 0.717) is 5.41 Å². The quantitative estimate of drug-likeness (QED) is 0.595. The predicted octanol–water partition coefficient (Wildman–Crippen LogP) is 4.10. The lowest BCUT2D eigenvalue weighted by Crippen LogP contribution is -2.33. The van der Waals surface area contributed by atoms with Gasteiger partial charge in [0.25, 0.3) is 0 Å². The van der Waals surface area contributed by atoms with E-state index in [9.17, 15) is 0 Å². The van der Waals surface area contributed by atoms with Gasteiger partial charge in [0.15, 0.2) is 0 Å².